The first-order valence-corrected chi connectivity index (χ1v) is 3.59. The standard InChI is InChI=1S/C8H8F3NO/c1-5-2-3-7(8(9,10)11)12-6(5)4-13/h2-3,13H,4H2,1H3. The van der Waals surface area contributed by atoms with Crippen LogP contribution in [0.4, 0.5) is 13.2 Å². The summed E-state index contributed by atoms with van der Waals surface area (Å²) in [5, 5.41) is 8.68. The van der Waals surface area contributed by atoms with Crippen molar-refractivity contribution in [2.45, 2.75) is 19.7 Å². The molecule has 0 aliphatic heterocycles. The molecule has 0 aliphatic rings. The van der Waals surface area contributed by atoms with E-state index in [-0.39, 0.29) is 5.69 Å². The van der Waals surface area contributed by atoms with E-state index in [1.165, 1.54) is 6.07 Å². The van der Waals surface area contributed by atoms with Crippen molar-refractivity contribution in [3.8, 4) is 0 Å². The van der Waals surface area contributed by atoms with Gasteiger partial charge >= 0.3 is 6.18 Å². The van der Waals surface area contributed by atoms with Gasteiger partial charge in [-0.1, -0.05) is 6.07 Å². The molecule has 0 aliphatic carbocycles. The Morgan fingerprint density at radius 1 is 1.38 bits per heavy atom. The average Bonchev–Trinajstić information content (AvgIpc) is 2.03. The molecule has 0 spiro atoms. The number of aromatic nitrogens is 1. The molecule has 0 saturated carbocycles. The Kier molecular flexibility index (Phi) is 2.56. The second-order valence-electron chi connectivity index (χ2n) is 2.62. The van der Waals surface area contributed by atoms with Crippen molar-refractivity contribution in [3.05, 3.63) is 29.1 Å². The van der Waals surface area contributed by atoms with Gasteiger partial charge in [-0.2, -0.15) is 13.2 Å². The van der Waals surface area contributed by atoms with Crippen molar-refractivity contribution in [1.82, 2.24) is 4.98 Å². The van der Waals surface area contributed by atoms with Crippen molar-refractivity contribution in [1.29, 1.82) is 0 Å². The highest BCUT2D eigenvalue weighted by molar-refractivity contribution is 5.22. The molecule has 0 fully saturated rings. The van der Waals surface area contributed by atoms with Crippen LogP contribution < -0.4 is 0 Å². The van der Waals surface area contributed by atoms with Crippen LogP contribution in [0.2, 0.25) is 0 Å². The number of hydrogen-bond donors (Lipinski definition) is 1. The molecule has 0 radical (unpaired) electrons. The highest BCUT2D eigenvalue weighted by Crippen LogP contribution is 2.28. The van der Waals surface area contributed by atoms with Gasteiger partial charge in [-0.15, -0.1) is 0 Å². The molecular weight excluding hydrogens is 183 g/mol. The molecule has 13 heavy (non-hydrogen) atoms. The summed E-state index contributed by atoms with van der Waals surface area (Å²) in [6.07, 6.45) is -4.45. The molecule has 0 saturated heterocycles. The molecule has 0 bridgehead atoms. The zero-order valence-electron chi connectivity index (χ0n) is 6.89. The normalized spacial score (nSPS) is 11.8. The van der Waals surface area contributed by atoms with E-state index in [2.05, 4.69) is 4.98 Å². The lowest BCUT2D eigenvalue weighted by Crippen LogP contribution is -2.10. The third-order valence-corrected chi connectivity index (χ3v) is 1.64. The van der Waals surface area contributed by atoms with Gasteiger partial charge in [0, 0.05) is 0 Å². The summed E-state index contributed by atoms with van der Waals surface area (Å²) >= 11 is 0. The highest BCUT2D eigenvalue weighted by atomic mass is 19.4. The van der Waals surface area contributed by atoms with Crippen LogP contribution in [0.5, 0.6) is 0 Å². The van der Waals surface area contributed by atoms with Crippen molar-refractivity contribution in [2.24, 2.45) is 0 Å². The predicted molar refractivity (Wildman–Crippen MR) is 39.9 cm³/mol. The van der Waals surface area contributed by atoms with E-state index in [4.69, 9.17) is 5.11 Å². The fraction of sp³-hybridized carbons (Fsp3) is 0.375. The average molecular weight is 191 g/mol. The van der Waals surface area contributed by atoms with E-state index in [0.29, 0.717) is 5.56 Å². The van der Waals surface area contributed by atoms with Gasteiger partial charge in [0.2, 0.25) is 0 Å². The Balaban J connectivity index is 3.14. The maximum absolute atomic E-state index is 12.1. The van der Waals surface area contributed by atoms with Gasteiger partial charge in [0.1, 0.15) is 5.69 Å². The lowest BCUT2D eigenvalue weighted by atomic mass is 10.2. The number of nitrogens with zero attached hydrogens (tertiary/aromatic N) is 1. The second-order valence-corrected chi connectivity index (χ2v) is 2.62. The topological polar surface area (TPSA) is 33.1 Å². The van der Waals surface area contributed by atoms with Gasteiger partial charge in [0.05, 0.1) is 12.3 Å². The van der Waals surface area contributed by atoms with E-state index >= 15 is 0 Å². The zero-order valence-corrected chi connectivity index (χ0v) is 6.89. The molecule has 1 aromatic heterocycles. The first kappa shape index (κ1) is 9.98. The second kappa shape index (κ2) is 3.33. The molecule has 0 aromatic carbocycles. The molecule has 1 heterocycles. The Bertz CT molecular complexity index is 309. The molecule has 72 valence electrons. The van der Waals surface area contributed by atoms with Gasteiger partial charge < -0.3 is 5.11 Å². The molecule has 1 rings (SSSR count). The summed E-state index contributed by atoms with van der Waals surface area (Å²) in [7, 11) is 0. The lowest BCUT2D eigenvalue weighted by Gasteiger charge is -2.08. The number of halogens is 3. The van der Waals surface area contributed by atoms with Gasteiger partial charge in [-0.3, -0.25) is 0 Å². The number of pyridine rings is 1. The van der Waals surface area contributed by atoms with Crippen LogP contribution in [-0.4, -0.2) is 10.1 Å². The highest BCUT2D eigenvalue weighted by Gasteiger charge is 2.32. The number of aryl methyl sites for hydroxylation is 1. The smallest absolute Gasteiger partial charge is 0.390 e. The van der Waals surface area contributed by atoms with Crippen LogP contribution in [0.15, 0.2) is 12.1 Å². The number of aliphatic hydroxyl groups is 1. The van der Waals surface area contributed by atoms with Crippen LogP contribution in [0.25, 0.3) is 0 Å². The van der Waals surface area contributed by atoms with Gasteiger partial charge in [0.15, 0.2) is 0 Å². The Labute approximate surface area is 73.0 Å². The Morgan fingerprint density at radius 3 is 2.46 bits per heavy atom. The van der Waals surface area contributed by atoms with E-state index < -0.39 is 18.5 Å². The Morgan fingerprint density at radius 2 is 2.00 bits per heavy atom. The van der Waals surface area contributed by atoms with E-state index in [1.807, 2.05) is 0 Å². The predicted octanol–water partition coefficient (Wildman–Crippen LogP) is 1.90. The summed E-state index contributed by atoms with van der Waals surface area (Å²) < 4.78 is 36.3. The number of hydrogen-bond acceptors (Lipinski definition) is 2. The number of aliphatic hydroxyl groups excluding tert-OH is 1. The molecule has 0 atom stereocenters. The molecule has 1 aromatic rings. The maximum atomic E-state index is 12.1. The fourth-order valence-corrected chi connectivity index (χ4v) is 0.889. The molecule has 5 heteroatoms. The van der Waals surface area contributed by atoms with Crippen LogP contribution >= 0.6 is 0 Å². The first-order valence-electron chi connectivity index (χ1n) is 3.59. The molecule has 2 nitrogen and oxygen atoms in total. The van der Waals surface area contributed by atoms with Crippen molar-refractivity contribution >= 4 is 0 Å². The number of alkyl halides is 3. The largest absolute Gasteiger partial charge is 0.433 e. The molecule has 1 N–H and O–H groups in total. The van der Waals surface area contributed by atoms with Crippen LogP contribution in [0.3, 0.4) is 0 Å². The van der Waals surface area contributed by atoms with Gasteiger partial charge in [-0.25, -0.2) is 4.98 Å². The molecular formula is C8H8F3NO. The molecule has 0 amide bonds. The van der Waals surface area contributed by atoms with Crippen LogP contribution in [-0.2, 0) is 12.8 Å². The maximum Gasteiger partial charge on any atom is 0.433 e. The minimum Gasteiger partial charge on any atom is -0.390 e. The van der Waals surface area contributed by atoms with Crippen molar-refractivity contribution < 1.29 is 18.3 Å². The van der Waals surface area contributed by atoms with Gasteiger partial charge in [0.25, 0.3) is 0 Å². The van der Waals surface area contributed by atoms with Crippen molar-refractivity contribution in [3.63, 3.8) is 0 Å². The minimum absolute atomic E-state index is 0.0647. The minimum atomic E-state index is -4.45. The third kappa shape index (κ3) is 2.18. The van der Waals surface area contributed by atoms with E-state index in [0.717, 1.165) is 6.07 Å². The van der Waals surface area contributed by atoms with Crippen molar-refractivity contribution in [2.75, 3.05) is 0 Å². The monoisotopic (exact) mass is 191 g/mol. The number of rotatable bonds is 1. The van der Waals surface area contributed by atoms with Crippen LogP contribution in [0, 0.1) is 6.92 Å². The zero-order chi connectivity index (χ0) is 10.1. The third-order valence-electron chi connectivity index (χ3n) is 1.64. The summed E-state index contributed by atoms with van der Waals surface area (Å²) in [5.74, 6) is 0. The van der Waals surface area contributed by atoms with E-state index in [1.54, 1.807) is 6.92 Å². The summed E-state index contributed by atoms with van der Waals surface area (Å²) in [6.45, 7) is 1.12. The van der Waals surface area contributed by atoms with E-state index in [9.17, 15) is 13.2 Å². The fourth-order valence-electron chi connectivity index (χ4n) is 0.889. The van der Waals surface area contributed by atoms with Crippen LogP contribution in [0.1, 0.15) is 17.0 Å². The van der Waals surface area contributed by atoms with Gasteiger partial charge in [-0.05, 0) is 18.6 Å². The SMILES string of the molecule is Cc1ccc(C(F)(F)F)nc1CO. The summed E-state index contributed by atoms with van der Waals surface area (Å²) in [6, 6.07) is 2.19. The molecule has 0 unspecified atom stereocenters. The Hall–Kier alpha value is -1.10. The first-order chi connectivity index (χ1) is 5.95. The quantitative estimate of drug-likeness (QED) is 0.735. The summed E-state index contributed by atoms with van der Waals surface area (Å²) in [5.41, 5.74) is -0.354. The lowest BCUT2D eigenvalue weighted by molar-refractivity contribution is -0.141. The summed E-state index contributed by atoms with van der Waals surface area (Å²) in [4.78, 5) is 3.29.